The number of aliphatic hydroxyl groups is 1. The molecule has 0 radical (unpaired) electrons. The number of hydrazone groups is 1. The van der Waals surface area contributed by atoms with Crippen molar-refractivity contribution >= 4 is 35.0 Å². The molecule has 266 valence electrons. The minimum Gasteiger partial charge on any atom is -0.490 e. The molecule has 13 nitrogen and oxygen atoms in total. The maximum absolute atomic E-state index is 12.5. The summed E-state index contributed by atoms with van der Waals surface area (Å²) in [5.74, 6) is 0.311. The van der Waals surface area contributed by atoms with Gasteiger partial charge in [-0.05, 0) is 73.0 Å². The molecule has 2 amide bonds. The van der Waals surface area contributed by atoms with Gasteiger partial charge in [-0.3, -0.25) is 5.43 Å². The first-order chi connectivity index (χ1) is 24.7. The lowest BCUT2D eigenvalue weighted by Gasteiger charge is -2.28. The predicted octanol–water partition coefficient (Wildman–Crippen LogP) is 5.12. The summed E-state index contributed by atoms with van der Waals surface area (Å²) < 4.78 is 27.9. The lowest BCUT2D eigenvalue weighted by Crippen LogP contribution is -2.45. The third kappa shape index (κ3) is 8.94. The number of esters is 2. The minimum absolute atomic E-state index is 0.187. The molecule has 0 spiro atoms. The molecular weight excluding hydrogens is 656 g/mol. The number of urea groups is 1. The Balaban J connectivity index is 1.26. The van der Waals surface area contributed by atoms with Gasteiger partial charge in [-0.1, -0.05) is 48.5 Å². The second-order valence-electron chi connectivity index (χ2n) is 11.3. The molecular formula is C38H40N4O9. The van der Waals surface area contributed by atoms with Crippen LogP contribution in [0.15, 0.2) is 95.2 Å². The number of benzene rings is 4. The minimum atomic E-state index is -1.20. The van der Waals surface area contributed by atoms with Crippen LogP contribution in [-0.4, -0.2) is 62.4 Å². The molecule has 0 aromatic heterocycles. The highest BCUT2D eigenvalue weighted by Crippen LogP contribution is 2.35. The van der Waals surface area contributed by atoms with E-state index in [0.29, 0.717) is 52.8 Å². The van der Waals surface area contributed by atoms with Crippen LogP contribution in [0.5, 0.6) is 17.2 Å². The average molecular weight is 697 g/mol. The summed E-state index contributed by atoms with van der Waals surface area (Å²) in [6.07, 6.45) is 0.375. The van der Waals surface area contributed by atoms with E-state index in [4.69, 9.17) is 23.7 Å². The van der Waals surface area contributed by atoms with E-state index >= 15 is 0 Å². The fourth-order valence-corrected chi connectivity index (χ4v) is 5.46. The number of carbonyl (C=O) groups excluding carboxylic acids is 3. The van der Waals surface area contributed by atoms with Crippen molar-refractivity contribution in [1.82, 2.24) is 16.1 Å². The molecule has 0 saturated heterocycles. The molecule has 4 N–H and O–H groups in total. The van der Waals surface area contributed by atoms with Crippen molar-refractivity contribution in [2.75, 3.05) is 26.9 Å². The average Bonchev–Trinajstić information content (AvgIpc) is 3.13. The molecule has 0 aliphatic carbocycles. The highest BCUT2D eigenvalue weighted by molar-refractivity contribution is 6.02. The molecule has 4 aromatic rings. The van der Waals surface area contributed by atoms with Gasteiger partial charge in [-0.25, -0.2) is 14.4 Å². The van der Waals surface area contributed by atoms with Gasteiger partial charge < -0.3 is 39.4 Å². The predicted molar refractivity (Wildman–Crippen MR) is 190 cm³/mol. The largest absolute Gasteiger partial charge is 0.490 e. The van der Waals surface area contributed by atoms with Gasteiger partial charge >= 0.3 is 18.0 Å². The Morgan fingerprint density at radius 3 is 2.43 bits per heavy atom. The fraction of sp³-hybridized carbons (Fsp3) is 0.263. The Kier molecular flexibility index (Phi) is 12.1. The van der Waals surface area contributed by atoms with Crippen LogP contribution in [0.1, 0.15) is 53.9 Å². The first-order valence-corrected chi connectivity index (χ1v) is 16.4. The van der Waals surface area contributed by atoms with Crippen LogP contribution in [0.4, 0.5) is 4.79 Å². The summed E-state index contributed by atoms with van der Waals surface area (Å²) in [6.45, 7) is 5.88. The zero-order valence-corrected chi connectivity index (χ0v) is 28.7. The molecule has 1 heterocycles. The Labute approximate surface area is 295 Å². The van der Waals surface area contributed by atoms with Crippen molar-refractivity contribution in [1.29, 1.82) is 0 Å². The number of nitrogens with zero attached hydrogens (tertiary/aromatic N) is 1. The van der Waals surface area contributed by atoms with Crippen molar-refractivity contribution in [3.63, 3.8) is 0 Å². The summed E-state index contributed by atoms with van der Waals surface area (Å²) in [5, 5.41) is 22.2. The molecule has 1 aliphatic rings. The number of hydrogen-bond donors (Lipinski definition) is 4. The van der Waals surface area contributed by atoms with Crippen LogP contribution in [0.3, 0.4) is 0 Å². The third-order valence-electron chi connectivity index (χ3n) is 7.88. The normalized spacial score (nSPS) is 14.8. The fourth-order valence-electron chi connectivity index (χ4n) is 5.46. The third-order valence-corrected chi connectivity index (χ3v) is 7.88. The van der Waals surface area contributed by atoms with E-state index in [1.54, 1.807) is 50.4 Å². The molecule has 1 aliphatic heterocycles. The molecule has 0 bridgehead atoms. The van der Waals surface area contributed by atoms with Crippen LogP contribution in [0, 0.1) is 0 Å². The lowest BCUT2D eigenvalue weighted by molar-refractivity contribution is -0.136. The van der Waals surface area contributed by atoms with E-state index < -0.39 is 24.3 Å². The molecule has 0 saturated carbocycles. The smallest absolute Gasteiger partial charge is 0.338 e. The van der Waals surface area contributed by atoms with Gasteiger partial charge in [0.15, 0.2) is 17.7 Å². The van der Waals surface area contributed by atoms with Crippen molar-refractivity contribution in [2.45, 2.75) is 39.6 Å². The Hall–Kier alpha value is -6.08. The second kappa shape index (κ2) is 17.0. The van der Waals surface area contributed by atoms with Crippen molar-refractivity contribution in [2.24, 2.45) is 5.10 Å². The van der Waals surface area contributed by atoms with E-state index in [2.05, 4.69) is 21.2 Å². The number of allylic oxidation sites excluding steroid dienone is 1. The quantitative estimate of drug-likeness (QED) is 0.0568. The number of carbonyl (C=O) groups is 3. The summed E-state index contributed by atoms with van der Waals surface area (Å²) in [5.41, 5.74) is 5.93. The molecule has 51 heavy (non-hydrogen) atoms. The van der Waals surface area contributed by atoms with Crippen LogP contribution in [-0.2, 0) is 20.9 Å². The maximum Gasteiger partial charge on any atom is 0.338 e. The lowest BCUT2D eigenvalue weighted by atomic mass is 9.95. The van der Waals surface area contributed by atoms with Gasteiger partial charge in [-0.2, -0.15) is 5.10 Å². The topological polar surface area (TPSA) is 166 Å². The Bertz CT molecular complexity index is 1940. The van der Waals surface area contributed by atoms with Gasteiger partial charge in [0, 0.05) is 11.3 Å². The number of aliphatic hydroxyl groups excluding tert-OH is 1. The highest BCUT2D eigenvalue weighted by Gasteiger charge is 2.32. The summed E-state index contributed by atoms with van der Waals surface area (Å²) >= 11 is 0. The number of ether oxygens (including phenoxy) is 5. The van der Waals surface area contributed by atoms with E-state index in [1.165, 1.54) is 7.11 Å². The maximum atomic E-state index is 12.5. The number of rotatable bonds is 15. The standard InChI is InChI=1S/C38H40N4O9/c1-5-48-32-19-27(35-34(37(45)47-4)23(3)40-38(46)41-35)16-18-31(32)51-22-33(43)42-39-20-29-28-10-8-7-9-25(28)15-17-30(29)50-21-24-11-13-26(14-12-24)36(44)49-6-2/h7-20,33,35,42-43H,5-6,21-22H2,1-4H3,(H2,40,41,46)/b39-20+/t33-,35+/m0/s1. The van der Waals surface area contributed by atoms with E-state index in [1.807, 2.05) is 55.5 Å². The van der Waals surface area contributed by atoms with Gasteiger partial charge in [0.2, 0.25) is 0 Å². The van der Waals surface area contributed by atoms with Crippen molar-refractivity contribution in [3.05, 3.63) is 112 Å². The molecule has 5 rings (SSSR count). The number of methoxy groups -OCH3 is 1. The van der Waals surface area contributed by atoms with Crippen molar-refractivity contribution < 1.29 is 43.2 Å². The molecule has 4 aromatic carbocycles. The highest BCUT2D eigenvalue weighted by atomic mass is 16.5. The SMILES string of the molecule is CCOC(=O)c1ccc(COc2ccc3ccccc3c2/C=N/N[C@@H](O)COc2ccc([C@H]3NC(=O)NC(C)=C3C(=O)OC)cc2OCC)cc1. The summed E-state index contributed by atoms with van der Waals surface area (Å²) in [4.78, 5) is 36.8. The number of nitrogens with one attached hydrogen (secondary N) is 3. The first kappa shape index (κ1) is 36.2. The summed E-state index contributed by atoms with van der Waals surface area (Å²) in [7, 11) is 1.27. The number of hydrogen-bond acceptors (Lipinski definition) is 11. The second-order valence-corrected chi connectivity index (χ2v) is 11.3. The Morgan fingerprint density at radius 1 is 0.922 bits per heavy atom. The van der Waals surface area contributed by atoms with Crippen molar-refractivity contribution in [3.8, 4) is 17.2 Å². The van der Waals surface area contributed by atoms with E-state index in [0.717, 1.165) is 16.3 Å². The molecule has 0 fully saturated rings. The molecule has 2 atom stereocenters. The van der Waals surface area contributed by atoms with Gasteiger partial charge in [-0.15, -0.1) is 0 Å². The van der Waals surface area contributed by atoms with Crippen LogP contribution in [0.2, 0.25) is 0 Å². The van der Waals surface area contributed by atoms with Gasteiger partial charge in [0.25, 0.3) is 0 Å². The van der Waals surface area contributed by atoms with Crippen LogP contribution >= 0.6 is 0 Å². The summed E-state index contributed by atoms with van der Waals surface area (Å²) in [6, 6.07) is 22.4. The first-order valence-electron chi connectivity index (χ1n) is 16.4. The van der Waals surface area contributed by atoms with E-state index in [9.17, 15) is 19.5 Å². The van der Waals surface area contributed by atoms with Crippen LogP contribution in [0.25, 0.3) is 10.8 Å². The number of fused-ring (bicyclic) bond motifs is 1. The van der Waals surface area contributed by atoms with Gasteiger partial charge in [0.1, 0.15) is 19.0 Å². The Morgan fingerprint density at radius 2 is 1.69 bits per heavy atom. The monoisotopic (exact) mass is 696 g/mol. The van der Waals surface area contributed by atoms with E-state index in [-0.39, 0.29) is 24.8 Å². The number of amides is 2. The van der Waals surface area contributed by atoms with Crippen LogP contribution < -0.4 is 30.3 Å². The zero-order valence-electron chi connectivity index (χ0n) is 28.7. The molecule has 0 unspecified atom stereocenters. The molecule has 13 heteroatoms. The zero-order chi connectivity index (χ0) is 36.3. The van der Waals surface area contributed by atoms with Gasteiger partial charge in [0.05, 0.1) is 43.7 Å².